The summed E-state index contributed by atoms with van der Waals surface area (Å²) in [6, 6.07) is 16.1. The maximum atomic E-state index is 14.0. The summed E-state index contributed by atoms with van der Waals surface area (Å²) in [5.74, 6) is -1.95. The molecule has 3 amide bonds. The summed E-state index contributed by atoms with van der Waals surface area (Å²) in [6.45, 7) is 5.83. The van der Waals surface area contributed by atoms with Crippen molar-refractivity contribution in [3.63, 3.8) is 0 Å². The maximum absolute atomic E-state index is 14.0. The lowest BCUT2D eigenvalue weighted by Crippen LogP contribution is -2.49. The number of carbonyl (C=O) groups is 2. The number of urea groups is 1. The van der Waals surface area contributed by atoms with Crippen LogP contribution >= 0.6 is 0 Å². The van der Waals surface area contributed by atoms with Gasteiger partial charge in [0.2, 0.25) is 0 Å². The minimum absolute atomic E-state index is 0.184. The standard InChI is InChI=1S/C28H29F2N3O3/c1-18(2)20-10-8-19(9-11-20)17-32-14-5-15-33(28(32)35)24-16-21(12-13-25(24)36-3)31-27(34)26-22(29)6-4-7-23(26)30/h4,6-13,16,18H,5,14-15,17H2,1-3H3,(H,31,34). The van der Waals surface area contributed by atoms with Crippen LogP contribution in [-0.2, 0) is 6.54 Å². The Hall–Kier alpha value is -3.94. The Balaban J connectivity index is 1.55. The van der Waals surface area contributed by atoms with Crippen LogP contribution in [0.25, 0.3) is 0 Å². The lowest BCUT2D eigenvalue weighted by Gasteiger charge is -2.36. The highest BCUT2D eigenvalue weighted by Gasteiger charge is 2.29. The molecular weight excluding hydrogens is 464 g/mol. The summed E-state index contributed by atoms with van der Waals surface area (Å²) in [6.07, 6.45) is 0.746. The van der Waals surface area contributed by atoms with Gasteiger partial charge in [-0.15, -0.1) is 0 Å². The summed E-state index contributed by atoms with van der Waals surface area (Å²) < 4.78 is 33.6. The predicted octanol–water partition coefficient (Wildman–Crippen LogP) is 6.18. The molecule has 1 saturated heterocycles. The highest BCUT2D eigenvalue weighted by Crippen LogP contribution is 2.34. The van der Waals surface area contributed by atoms with Crippen molar-refractivity contribution in [1.82, 2.24) is 4.90 Å². The highest BCUT2D eigenvalue weighted by atomic mass is 19.1. The molecule has 8 heteroatoms. The van der Waals surface area contributed by atoms with Gasteiger partial charge in [-0.3, -0.25) is 9.69 Å². The van der Waals surface area contributed by atoms with E-state index in [4.69, 9.17) is 4.74 Å². The fraction of sp³-hybridized carbons (Fsp3) is 0.286. The number of anilines is 2. The van der Waals surface area contributed by atoms with Crippen molar-refractivity contribution in [2.75, 3.05) is 30.4 Å². The molecule has 6 nitrogen and oxygen atoms in total. The Kier molecular flexibility index (Phi) is 7.52. The molecule has 0 aliphatic carbocycles. The minimum Gasteiger partial charge on any atom is -0.495 e. The van der Waals surface area contributed by atoms with Gasteiger partial charge in [-0.05, 0) is 53.8 Å². The fourth-order valence-electron chi connectivity index (χ4n) is 4.27. The summed E-state index contributed by atoms with van der Waals surface area (Å²) >= 11 is 0. The predicted molar refractivity (Wildman–Crippen MR) is 136 cm³/mol. The number of ether oxygens (including phenoxy) is 1. The van der Waals surface area contributed by atoms with E-state index in [0.717, 1.165) is 24.1 Å². The Bertz CT molecular complexity index is 1240. The SMILES string of the molecule is COc1ccc(NC(=O)c2c(F)cccc2F)cc1N1CCCN(Cc2ccc(C(C)C)cc2)C1=O. The summed E-state index contributed by atoms with van der Waals surface area (Å²) in [4.78, 5) is 29.4. The van der Waals surface area contributed by atoms with E-state index in [-0.39, 0.29) is 11.7 Å². The van der Waals surface area contributed by atoms with Gasteiger partial charge in [0.25, 0.3) is 5.91 Å². The monoisotopic (exact) mass is 493 g/mol. The van der Waals surface area contributed by atoms with Gasteiger partial charge >= 0.3 is 6.03 Å². The Labute approximate surface area is 209 Å². The van der Waals surface area contributed by atoms with Gasteiger partial charge < -0.3 is 15.0 Å². The molecule has 3 aromatic rings. The molecule has 1 fully saturated rings. The van der Waals surface area contributed by atoms with Crippen LogP contribution in [-0.4, -0.2) is 37.0 Å². The van der Waals surface area contributed by atoms with E-state index < -0.39 is 23.1 Å². The minimum atomic E-state index is -0.954. The van der Waals surface area contributed by atoms with E-state index in [1.807, 2.05) is 12.1 Å². The molecule has 1 heterocycles. The number of carbonyl (C=O) groups excluding carboxylic acids is 2. The number of halogens is 2. The van der Waals surface area contributed by atoms with Crippen molar-refractivity contribution in [2.24, 2.45) is 0 Å². The molecular formula is C28H29F2N3O3. The molecule has 0 saturated carbocycles. The molecule has 1 aliphatic heterocycles. The van der Waals surface area contributed by atoms with Crippen molar-refractivity contribution >= 4 is 23.3 Å². The normalized spacial score (nSPS) is 13.8. The second-order valence-corrected chi connectivity index (χ2v) is 9.04. The second kappa shape index (κ2) is 10.8. The Morgan fingerprint density at radius 3 is 2.36 bits per heavy atom. The number of nitrogens with zero attached hydrogens (tertiary/aromatic N) is 2. The van der Waals surface area contributed by atoms with Gasteiger partial charge in [0.1, 0.15) is 22.9 Å². The van der Waals surface area contributed by atoms with Gasteiger partial charge in [0, 0.05) is 25.3 Å². The first-order valence-electron chi connectivity index (χ1n) is 11.9. The average molecular weight is 494 g/mol. The summed E-state index contributed by atoms with van der Waals surface area (Å²) in [5.41, 5.74) is 2.36. The molecule has 0 radical (unpaired) electrons. The molecule has 36 heavy (non-hydrogen) atoms. The quantitative estimate of drug-likeness (QED) is 0.428. The van der Waals surface area contributed by atoms with E-state index in [2.05, 4.69) is 31.3 Å². The molecule has 0 spiro atoms. The molecule has 0 atom stereocenters. The second-order valence-electron chi connectivity index (χ2n) is 9.04. The Morgan fingerprint density at radius 1 is 1.03 bits per heavy atom. The zero-order chi connectivity index (χ0) is 25.8. The number of rotatable bonds is 7. The highest BCUT2D eigenvalue weighted by molar-refractivity contribution is 6.05. The lowest BCUT2D eigenvalue weighted by molar-refractivity contribution is 0.101. The van der Waals surface area contributed by atoms with Gasteiger partial charge in [-0.2, -0.15) is 0 Å². The number of nitrogens with one attached hydrogen (secondary N) is 1. The van der Waals surface area contributed by atoms with Gasteiger partial charge in [0.05, 0.1) is 12.8 Å². The van der Waals surface area contributed by atoms with Gasteiger partial charge in [-0.1, -0.05) is 44.2 Å². The van der Waals surface area contributed by atoms with E-state index in [0.29, 0.717) is 37.0 Å². The van der Waals surface area contributed by atoms with Crippen molar-refractivity contribution in [3.8, 4) is 5.75 Å². The number of hydrogen-bond donors (Lipinski definition) is 1. The van der Waals surface area contributed by atoms with Crippen LogP contribution in [0.1, 0.15) is 47.7 Å². The first-order chi connectivity index (χ1) is 17.3. The third kappa shape index (κ3) is 5.32. The zero-order valence-corrected chi connectivity index (χ0v) is 20.6. The lowest BCUT2D eigenvalue weighted by atomic mass is 10.0. The van der Waals surface area contributed by atoms with Crippen LogP contribution in [0.5, 0.6) is 5.75 Å². The Morgan fingerprint density at radius 2 is 1.72 bits per heavy atom. The molecule has 188 valence electrons. The fourth-order valence-corrected chi connectivity index (χ4v) is 4.27. The van der Waals surface area contributed by atoms with Crippen LogP contribution in [0.3, 0.4) is 0 Å². The van der Waals surface area contributed by atoms with E-state index in [1.54, 1.807) is 28.0 Å². The van der Waals surface area contributed by atoms with Crippen molar-refractivity contribution in [1.29, 1.82) is 0 Å². The zero-order valence-electron chi connectivity index (χ0n) is 20.6. The van der Waals surface area contributed by atoms with Crippen molar-refractivity contribution in [3.05, 3.63) is 89.0 Å². The summed E-state index contributed by atoms with van der Waals surface area (Å²) in [7, 11) is 1.49. The van der Waals surface area contributed by atoms with Crippen LogP contribution in [0.4, 0.5) is 25.0 Å². The van der Waals surface area contributed by atoms with Crippen LogP contribution in [0.15, 0.2) is 60.7 Å². The number of methoxy groups -OCH3 is 1. The molecule has 3 aromatic carbocycles. The molecule has 0 bridgehead atoms. The third-order valence-corrected chi connectivity index (χ3v) is 6.25. The maximum Gasteiger partial charge on any atom is 0.324 e. The van der Waals surface area contributed by atoms with Crippen LogP contribution < -0.4 is 15.0 Å². The molecule has 0 unspecified atom stereocenters. The van der Waals surface area contributed by atoms with Crippen molar-refractivity contribution < 1.29 is 23.1 Å². The third-order valence-electron chi connectivity index (χ3n) is 6.25. The van der Waals surface area contributed by atoms with E-state index in [9.17, 15) is 18.4 Å². The first-order valence-corrected chi connectivity index (χ1v) is 11.9. The number of hydrogen-bond acceptors (Lipinski definition) is 3. The number of benzene rings is 3. The smallest absolute Gasteiger partial charge is 0.324 e. The molecule has 4 rings (SSSR count). The first kappa shape index (κ1) is 25.2. The molecule has 0 aromatic heterocycles. The largest absolute Gasteiger partial charge is 0.495 e. The molecule has 1 aliphatic rings. The van der Waals surface area contributed by atoms with E-state index >= 15 is 0 Å². The van der Waals surface area contributed by atoms with Gasteiger partial charge in [-0.25, -0.2) is 13.6 Å². The van der Waals surface area contributed by atoms with Gasteiger partial charge in [0.15, 0.2) is 0 Å². The number of amides is 3. The summed E-state index contributed by atoms with van der Waals surface area (Å²) in [5, 5.41) is 2.52. The van der Waals surface area contributed by atoms with Crippen LogP contribution in [0, 0.1) is 11.6 Å². The molecule has 1 N–H and O–H groups in total. The van der Waals surface area contributed by atoms with Crippen molar-refractivity contribution in [2.45, 2.75) is 32.7 Å². The van der Waals surface area contributed by atoms with E-state index in [1.165, 1.54) is 18.7 Å². The topological polar surface area (TPSA) is 61.9 Å². The van der Waals surface area contributed by atoms with Crippen LogP contribution in [0.2, 0.25) is 0 Å². The average Bonchev–Trinajstić information content (AvgIpc) is 2.85.